The summed E-state index contributed by atoms with van der Waals surface area (Å²) in [6, 6.07) is 2.22. The normalized spacial score (nSPS) is 30.3. The van der Waals surface area contributed by atoms with Gasteiger partial charge in [-0.3, -0.25) is 14.3 Å². The van der Waals surface area contributed by atoms with Crippen molar-refractivity contribution in [2.45, 2.75) is 90.4 Å². The van der Waals surface area contributed by atoms with E-state index < -0.39 is 0 Å². The van der Waals surface area contributed by atoms with Crippen LogP contribution in [0.15, 0.2) is 12.3 Å². The summed E-state index contributed by atoms with van der Waals surface area (Å²) in [6.45, 7) is 12.7. The molecule has 2 bridgehead atoms. The second kappa shape index (κ2) is 8.53. The maximum absolute atomic E-state index is 5.85. The molecule has 2 aliphatic heterocycles. The number of ether oxygens (including phenoxy) is 1. The van der Waals surface area contributed by atoms with Gasteiger partial charge in [-0.25, -0.2) is 4.98 Å². The second-order valence-corrected chi connectivity index (χ2v) is 12.5. The van der Waals surface area contributed by atoms with Gasteiger partial charge in [-0.15, -0.1) is 0 Å². The van der Waals surface area contributed by atoms with Crippen molar-refractivity contribution in [3.8, 4) is 0 Å². The van der Waals surface area contributed by atoms with E-state index in [1.807, 2.05) is 17.9 Å². The molecule has 0 unspecified atom stereocenters. The van der Waals surface area contributed by atoms with E-state index in [4.69, 9.17) is 14.8 Å². The Hall–Kier alpha value is -2.45. The first-order valence-corrected chi connectivity index (χ1v) is 14.3. The topological polar surface area (TPSA) is 64.2 Å². The molecule has 5 aliphatic rings. The number of rotatable bonds is 4. The third-order valence-electron chi connectivity index (χ3n) is 10.2. The molecule has 0 amide bonds. The van der Waals surface area contributed by atoms with E-state index in [-0.39, 0.29) is 0 Å². The Morgan fingerprint density at radius 1 is 1.08 bits per heavy atom. The zero-order valence-corrected chi connectivity index (χ0v) is 23.0. The molecule has 3 aliphatic carbocycles. The van der Waals surface area contributed by atoms with Crippen LogP contribution in [0.25, 0.3) is 11.0 Å². The fourth-order valence-electron chi connectivity index (χ4n) is 8.00. The van der Waals surface area contributed by atoms with Crippen LogP contribution in [0.5, 0.6) is 0 Å². The second-order valence-electron chi connectivity index (χ2n) is 12.5. The van der Waals surface area contributed by atoms with Crippen molar-refractivity contribution in [1.29, 1.82) is 0 Å². The average molecular weight is 504 g/mol. The van der Waals surface area contributed by atoms with Gasteiger partial charge in [0.2, 0.25) is 0 Å². The molecule has 0 spiro atoms. The molecule has 198 valence electrons. The van der Waals surface area contributed by atoms with E-state index in [2.05, 4.69) is 46.4 Å². The van der Waals surface area contributed by atoms with Crippen molar-refractivity contribution in [2.24, 2.45) is 12.5 Å². The third kappa shape index (κ3) is 3.82. The van der Waals surface area contributed by atoms with Gasteiger partial charge in [0.25, 0.3) is 0 Å². The number of pyridine rings is 1. The number of fused-ring (bicyclic) bond motifs is 5. The minimum atomic E-state index is 0.375. The molecule has 1 atom stereocenters. The lowest BCUT2D eigenvalue weighted by Gasteiger charge is -2.59. The molecule has 37 heavy (non-hydrogen) atoms. The highest BCUT2D eigenvalue weighted by molar-refractivity contribution is 5.89. The molecule has 8 rings (SSSR count). The van der Waals surface area contributed by atoms with Crippen LogP contribution in [0, 0.1) is 19.3 Å². The standard InChI is InChI=1S/C29H41N7O/c1-20-15-26(23-16-30-33(4)27(23)31-20)34-12-5-25-24(18-34)22(3)32-36(25)19-28-6-9-29(10-7-28,11-8-28)35-13-14-37-21(2)17-35/h15-16,21H,5-14,17-19H2,1-4H3/t21-,28?,29?/m1/s1. The molecule has 1 saturated heterocycles. The molecule has 8 heteroatoms. The summed E-state index contributed by atoms with van der Waals surface area (Å²) in [5.41, 5.74) is 8.21. The van der Waals surface area contributed by atoms with Gasteiger partial charge < -0.3 is 9.64 Å². The van der Waals surface area contributed by atoms with Gasteiger partial charge >= 0.3 is 0 Å². The molecule has 0 aromatic carbocycles. The molecular formula is C29H41N7O. The van der Waals surface area contributed by atoms with Crippen LogP contribution in [-0.4, -0.2) is 67.3 Å². The zero-order chi connectivity index (χ0) is 25.4. The van der Waals surface area contributed by atoms with Gasteiger partial charge in [0.05, 0.1) is 35.7 Å². The van der Waals surface area contributed by atoms with Crippen LogP contribution in [0.1, 0.15) is 68.1 Å². The van der Waals surface area contributed by atoms with Crippen molar-refractivity contribution >= 4 is 16.7 Å². The highest BCUT2D eigenvalue weighted by atomic mass is 16.5. The monoisotopic (exact) mass is 503 g/mol. The summed E-state index contributed by atoms with van der Waals surface area (Å²) in [7, 11) is 1.97. The fraction of sp³-hybridized carbons (Fsp3) is 0.690. The van der Waals surface area contributed by atoms with Crippen molar-refractivity contribution in [1.82, 2.24) is 29.4 Å². The fourth-order valence-corrected chi connectivity index (χ4v) is 8.00. The smallest absolute Gasteiger partial charge is 0.159 e. The summed E-state index contributed by atoms with van der Waals surface area (Å²) in [6.07, 6.45) is 11.4. The van der Waals surface area contributed by atoms with Crippen molar-refractivity contribution < 1.29 is 4.74 Å². The molecule has 4 fully saturated rings. The van der Waals surface area contributed by atoms with Gasteiger partial charge in [0.15, 0.2) is 5.65 Å². The highest BCUT2D eigenvalue weighted by Crippen LogP contribution is 2.55. The van der Waals surface area contributed by atoms with Crippen molar-refractivity contribution in [3.63, 3.8) is 0 Å². The first-order chi connectivity index (χ1) is 17.8. The predicted molar refractivity (Wildman–Crippen MR) is 145 cm³/mol. The minimum Gasteiger partial charge on any atom is -0.376 e. The third-order valence-corrected chi connectivity index (χ3v) is 10.2. The van der Waals surface area contributed by atoms with Crippen molar-refractivity contribution in [2.75, 3.05) is 31.1 Å². The van der Waals surface area contributed by atoms with E-state index in [1.165, 1.54) is 61.2 Å². The zero-order valence-electron chi connectivity index (χ0n) is 23.0. The SMILES string of the molecule is Cc1cc(N2CCc3c(c(C)nn3CC34CCC(N5CCO[C@H](C)C5)(CC3)CC4)C2)c2cnn(C)c2n1. The maximum atomic E-state index is 5.85. The van der Waals surface area contributed by atoms with E-state index in [0.717, 1.165) is 62.5 Å². The molecule has 0 N–H and O–H groups in total. The van der Waals surface area contributed by atoms with E-state index in [1.54, 1.807) is 0 Å². The lowest BCUT2D eigenvalue weighted by atomic mass is 9.56. The summed E-state index contributed by atoms with van der Waals surface area (Å²) in [5.74, 6) is 0. The molecular weight excluding hydrogens is 462 g/mol. The van der Waals surface area contributed by atoms with Crippen LogP contribution in [0.2, 0.25) is 0 Å². The van der Waals surface area contributed by atoms with Crippen LogP contribution in [0.4, 0.5) is 5.69 Å². The molecule has 5 heterocycles. The Bertz CT molecular complexity index is 1320. The molecule has 3 saturated carbocycles. The number of hydrogen-bond donors (Lipinski definition) is 0. The first kappa shape index (κ1) is 23.7. The Balaban J connectivity index is 1.10. The molecule has 3 aromatic heterocycles. The van der Waals surface area contributed by atoms with Crippen LogP contribution in [0.3, 0.4) is 0 Å². The van der Waals surface area contributed by atoms with Gasteiger partial charge in [-0.1, -0.05) is 0 Å². The van der Waals surface area contributed by atoms with Gasteiger partial charge in [0.1, 0.15) is 0 Å². The van der Waals surface area contributed by atoms with E-state index in [9.17, 15) is 0 Å². The molecule has 8 nitrogen and oxygen atoms in total. The van der Waals surface area contributed by atoms with Gasteiger partial charge in [0, 0.05) is 68.7 Å². The predicted octanol–water partition coefficient (Wildman–Crippen LogP) is 4.16. The maximum Gasteiger partial charge on any atom is 0.159 e. The number of aromatic nitrogens is 5. The summed E-state index contributed by atoms with van der Waals surface area (Å²) < 4.78 is 10.2. The highest BCUT2D eigenvalue weighted by Gasteiger charge is 2.52. The number of nitrogens with zero attached hydrogens (tertiary/aromatic N) is 7. The largest absolute Gasteiger partial charge is 0.376 e. The lowest BCUT2D eigenvalue weighted by Crippen LogP contribution is -2.61. The van der Waals surface area contributed by atoms with Crippen LogP contribution in [-0.2, 0) is 31.3 Å². The Kier molecular flexibility index (Phi) is 5.45. The number of anilines is 1. The molecule has 0 radical (unpaired) electrons. The number of morpholine rings is 1. The average Bonchev–Trinajstić information content (AvgIpc) is 3.43. The number of aryl methyl sites for hydroxylation is 3. The van der Waals surface area contributed by atoms with Gasteiger partial charge in [-0.2, -0.15) is 10.2 Å². The minimum absolute atomic E-state index is 0.375. The van der Waals surface area contributed by atoms with E-state index >= 15 is 0 Å². The summed E-state index contributed by atoms with van der Waals surface area (Å²) in [4.78, 5) is 10.0. The Labute approximate surface area is 220 Å². The van der Waals surface area contributed by atoms with E-state index in [0.29, 0.717) is 17.1 Å². The first-order valence-electron chi connectivity index (χ1n) is 14.3. The summed E-state index contributed by atoms with van der Waals surface area (Å²) in [5, 5.41) is 10.8. The summed E-state index contributed by atoms with van der Waals surface area (Å²) >= 11 is 0. The van der Waals surface area contributed by atoms with Crippen LogP contribution < -0.4 is 4.90 Å². The van der Waals surface area contributed by atoms with Crippen LogP contribution >= 0.6 is 0 Å². The quantitative estimate of drug-likeness (QED) is 0.533. The molecule has 3 aromatic rings. The van der Waals surface area contributed by atoms with Gasteiger partial charge in [-0.05, 0) is 70.8 Å². The van der Waals surface area contributed by atoms with Crippen molar-refractivity contribution in [3.05, 3.63) is 34.9 Å². The Morgan fingerprint density at radius 3 is 2.62 bits per heavy atom. The number of hydrogen-bond acceptors (Lipinski definition) is 6. The Morgan fingerprint density at radius 2 is 1.86 bits per heavy atom. The lowest BCUT2D eigenvalue weighted by molar-refractivity contribution is -0.115.